The number of carbonyl (C=O) groups excluding carboxylic acids is 1. The maximum atomic E-state index is 12.7. The summed E-state index contributed by atoms with van der Waals surface area (Å²) in [4.78, 5) is 12.7. The largest absolute Gasteiger partial charge is 0.439 e. The Bertz CT molecular complexity index is 837. The van der Waals surface area contributed by atoms with Crippen LogP contribution in [0.4, 0.5) is 0 Å². The van der Waals surface area contributed by atoms with E-state index in [0.717, 1.165) is 27.0 Å². The van der Waals surface area contributed by atoms with E-state index in [2.05, 4.69) is 15.9 Å². The van der Waals surface area contributed by atoms with Gasteiger partial charge in [0.05, 0.1) is 5.56 Å². The summed E-state index contributed by atoms with van der Waals surface area (Å²) < 4.78 is 24.1. The van der Waals surface area contributed by atoms with Crippen molar-refractivity contribution >= 4 is 39.9 Å². The highest BCUT2D eigenvalue weighted by atomic mass is 79.9. The molecule has 0 aromatic heterocycles. The molecule has 0 fully saturated rings. The molecule has 1 aliphatic carbocycles. The van der Waals surface area contributed by atoms with E-state index in [9.17, 15) is 9.36 Å². The van der Waals surface area contributed by atoms with Crippen LogP contribution in [0.25, 0.3) is 11.1 Å². The summed E-state index contributed by atoms with van der Waals surface area (Å²) in [7, 11) is 1.35. The highest BCUT2D eigenvalue weighted by Gasteiger charge is 2.34. The minimum Gasteiger partial charge on any atom is -0.416 e. The lowest BCUT2D eigenvalue weighted by molar-refractivity contribution is 0.104. The Morgan fingerprint density at radius 2 is 1.87 bits per heavy atom. The fraction of sp³-hybridized carbons (Fsp3) is 0.188. The van der Waals surface area contributed by atoms with Gasteiger partial charge in [0, 0.05) is 22.9 Å². The van der Waals surface area contributed by atoms with Crippen molar-refractivity contribution in [1.29, 1.82) is 0 Å². The van der Waals surface area contributed by atoms with Crippen LogP contribution in [0.15, 0.2) is 40.9 Å². The lowest BCUT2D eigenvalue weighted by atomic mass is 10.1. The van der Waals surface area contributed by atoms with Gasteiger partial charge in [0.25, 0.3) is 0 Å². The summed E-state index contributed by atoms with van der Waals surface area (Å²) >= 11 is 4.52. The van der Waals surface area contributed by atoms with E-state index < -0.39 is 6.80 Å². The summed E-state index contributed by atoms with van der Waals surface area (Å²) in [5, 5.41) is 0. The first-order valence-corrected chi connectivity index (χ1v) is 10.9. The van der Waals surface area contributed by atoms with Crippen LogP contribution >= 0.6 is 34.1 Å². The first-order valence-electron chi connectivity index (χ1n) is 6.96. The van der Waals surface area contributed by atoms with Gasteiger partial charge in [-0.1, -0.05) is 47.1 Å². The lowest BCUT2D eigenvalue weighted by Crippen LogP contribution is -2.01. The van der Waals surface area contributed by atoms with E-state index in [1.807, 2.05) is 31.2 Å². The highest BCUT2D eigenvalue weighted by Crippen LogP contribution is 2.60. The van der Waals surface area contributed by atoms with Crippen molar-refractivity contribution < 1.29 is 18.4 Å². The highest BCUT2D eigenvalue weighted by molar-refractivity contribution is 9.10. The molecule has 4 nitrogen and oxygen atoms in total. The van der Waals surface area contributed by atoms with Gasteiger partial charge >= 0.3 is 6.80 Å². The number of hydrogen-bond donors (Lipinski definition) is 0. The molecule has 1 aliphatic rings. The van der Waals surface area contributed by atoms with Crippen molar-refractivity contribution in [2.45, 2.75) is 6.92 Å². The lowest BCUT2D eigenvalue weighted by Gasteiger charge is -2.17. The average Bonchev–Trinajstić information content (AvgIpc) is 2.81. The molecule has 2 aromatic rings. The first-order chi connectivity index (χ1) is 11.0. The number of hydrogen-bond acceptors (Lipinski definition) is 5. The third kappa shape index (κ3) is 3.01. The summed E-state index contributed by atoms with van der Waals surface area (Å²) in [5.74, 6) is 0.735. The summed E-state index contributed by atoms with van der Waals surface area (Å²) in [6, 6.07) is 10.9. The van der Waals surface area contributed by atoms with Gasteiger partial charge in [0.1, 0.15) is 5.75 Å². The van der Waals surface area contributed by atoms with Crippen molar-refractivity contribution in [2.75, 3.05) is 12.9 Å². The summed E-state index contributed by atoms with van der Waals surface area (Å²) in [6.45, 7) is -1.49. The van der Waals surface area contributed by atoms with Crippen LogP contribution in [-0.2, 0) is 9.09 Å². The van der Waals surface area contributed by atoms with Gasteiger partial charge in [0.2, 0.25) is 0 Å². The van der Waals surface area contributed by atoms with Crippen LogP contribution < -0.4 is 4.52 Å². The molecule has 1 atom stereocenters. The molecule has 23 heavy (non-hydrogen) atoms. The van der Waals surface area contributed by atoms with E-state index in [1.54, 1.807) is 12.1 Å². The Labute approximate surface area is 147 Å². The van der Waals surface area contributed by atoms with Crippen molar-refractivity contribution in [3.63, 3.8) is 0 Å². The molecule has 0 N–H and O–H groups in total. The van der Waals surface area contributed by atoms with Crippen LogP contribution in [0.5, 0.6) is 5.75 Å². The van der Waals surface area contributed by atoms with Gasteiger partial charge in [-0.05, 0) is 34.6 Å². The summed E-state index contributed by atoms with van der Waals surface area (Å²) in [5.41, 5.74) is 2.69. The van der Waals surface area contributed by atoms with Crippen LogP contribution in [0.3, 0.4) is 0 Å². The number of benzene rings is 2. The Morgan fingerprint density at radius 3 is 2.52 bits per heavy atom. The van der Waals surface area contributed by atoms with Gasteiger partial charge < -0.3 is 4.52 Å². The maximum Gasteiger partial charge on any atom is 0.439 e. The van der Waals surface area contributed by atoms with Gasteiger partial charge in [-0.2, -0.15) is 0 Å². The predicted molar refractivity (Wildman–Crippen MR) is 96.4 cm³/mol. The zero-order valence-electron chi connectivity index (χ0n) is 12.5. The number of ketones is 1. The van der Waals surface area contributed by atoms with Crippen molar-refractivity contribution in [3.8, 4) is 16.9 Å². The minimum atomic E-state index is -3.35. The van der Waals surface area contributed by atoms with Crippen molar-refractivity contribution in [2.24, 2.45) is 0 Å². The Morgan fingerprint density at radius 1 is 1.17 bits per heavy atom. The Hall–Kier alpha value is -1.07. The fourth-order valence-electron chi connectivity index (χ4n) is 2.55. The SMILES string of the molecule is CCSP(=O)(OC)Oc1cc(Br)cc2c1C(=O)c1ccccc1-2. The molecule has 0 amide bonds. The monoisotopic (exact) mass is 412 g/mol. The third-order valence-corrected chi connectivity index (χ3v) is 7.77. The molecule has 0 saturated heterocycles. The second-order valence-electron chi connectivity index (χ2n) is 4.84. The standard InChI is InChI=1S/C16H14BrO4PS/c1-3-23-22(19,20-2)21-14-9-10(17)8-13-11-6-4-5-7-12(11)16(18)15(13)14/h4-9H,3H2,1-2H3. The van der Waals surface area contributed by atoms with Crippen LogP contribution in [0, 0.1) is 0 Å². The fourth-order valence-corrected chi connectivity index (χ4v) is 5.58. The quantitative estimate of drug-likeness (QED) is 0.514. The molecular formula is C16H14BrO4PS. The molecule has 0 spiro atoms. The van der Waals surface area contributed by atoms with E-state index in [1.165, 1.54) is 7.11 Å². The van der Waals surface area contributed by atoms with Crippen molar-refractivity contribution in [3.05, 3.63) is 52.0 Å². The zero-order valence-corrected chi connectivity index (χ0v) is 15.8. The molecular weight excluding hydrogens is 399 g/mol. The Kier molecular flexibility index (Phi) is 4.70. The summed E-state index contributed by atoms with van der Waals surface area (Å²) in [6.07, 6.45) is 0. The average molecular weight is 413 g/mol. The molecule has 120 valence electrons. The third-order valence-electron chi connectivity index (χ3n) is 3.48. The first kappa shape index (κ1) is 16.8. The second kappa shape index (κ2) is 6.44. The van der Waals surface area contributed by atoms with Crippen LogP contribution in [-0.4, -0.2) is 18.6 Å². The Balaban J connectivity index is 2.14. The molecule has 2 aromatic carbocycles. The molecule has 3 rings (SSSR count). The van der Waals surface area contributed by atoms with E-state index in [4.69, 9.17) is 9.05 Å². The number of halogens is 1. The molecule has 0 heterocycles. The second-order valence-corrected chi connectivity index (χ2v) is 10.1. The molecule has 1 unspecified atom stereocenters. The molecule has 7 heteroatoms. The predicted octanol–water partition coefficient (Wildman–Crippen LogP) is 5.55. The van der Waals surface area contributed by atoms with Crippen LogP contribution in [0.1, 0.15) is 22.8 Å². The molecule has 0 bridgehead atoms. The van der Waals surface area contributed by atoms with Gasteiger partial charge in [0.15, 0.2) is 5.78 Å². The van der Waals surface area contributed by atoms with Crippen molar-refractivity contribution in [1.82, 2.24) is 0 Å². The van der Waals surface area contributed by atoms with E-state index in [-0.39, 0.29) is 11.5 Å². The smallest absolute Gasteiger partial charge is 0.416 e. The molecule has 0 aliphatic heterocycles. The molecule has 0 saturated carbocycles. The normalized spacial score (nSPS) is 15.0. The maximum absolute atomic E-state index is 12.7. The van der Waals surface area contributed by atoms with Gasteiger partial charge in [-0.3, -0.25) is 9.32 Å². The minimum absolute atomic E-state index is 0.123. The van der Waals surface area contributed by atoms with Crippen LogP contribution in [0.2, 0.25) is 0 Å². The number of fused-ring (bicyclic) bond motifs is 3. The number of carbonyl (C=O) groups is 1. The van der Waals surface area contributed by atoms with E-state index in [0.29, 0.717) is 16.9 Å². The van der Waals surface area contributed by atoms with Gasteiger partial charge in [-0.25, -0.2) is 4.57 Å². The zero-order chi connectivity index (χ0) is 16.6. The molecule has 0 radical (unpaired) electrons. The van der Waals surface area contributed by atoms with Gasteiger partial charge in [-0.15, -0.1) is 0 Å². The topological polar surface area (TPSA) is 52.6 Å². The number of rotatable bonds is 5. The van der Waals surface area contributed by atoms with E-state index >= 15 is 0 Å².